The van der Waals surface area contributed by atoms with Crippen molar-refractivity contribution in [3.8, 4) is 11.1 Å². The Morgan fingerprint density at radius 3 is 2.25 bits per heavy atom. The number of hydrogen-bond donors (Lipinski definition) is 0. The Hall–Kier alpha value is -1.83. The lowest BCUT2D eigenvalue weighted by Crippen LogP contribution is -1.95. The molecule has 0 saturated carbocycles. The third kappa shape index (κ3) is 2.55. The Morgan fingerprint density at radius 2 is 1.65 bits per heavy atom. The summed E-state index contributed by atoms with van der Waals surface area (Å²) in [6.45, 7) is 7.50. The summed E-state index contributed by atoms with van der Waals surface area (Å²) in [5.41, 5.74) is 3.57. The van der Waals surface area contributed by atoms with Gasteiger partial charge >= 0.3 is 0 Å². The molecule has 0 atom stereocenters. The van der Waals surface area contributed by atoms with Gasteiger partial charge in [-0.2, -0.15) is 0 Å². The van der Waals surface area contributed by atoms with Gasteiger partial charge in [0.05, 0.1) is 0 Å². The second kappa shape index (κ2) is 6.08. The summed E-state index contributed by atoms with van der Waals surface area (Å²) in [4.78, 5) is 11.5. The molecule has 0 aliphatic rings. The lowest BCUT2D eigenvalue weighted by Gasteiger charge is -2.12. The van der Waals surface area contributed by atoms with E-state index < -0.39 is 0 Å². The Bertz CT molecular complexity index is 702. The number of rotatable bonds is 4. The summed E-state index contributed by atoms with van der Waals surface area (Å²) in [6, 6.07) is 8.88. The molecule has 0 fully saturated rings. The summed E-state index contributed by atoms with van der Waals surface area (Å²) in [5.74, 6) is 0. The van der Waals surface area contributed by atoms with Gasteiger partial charge < -0.3 is 0 Å². The van der Waals surface area contributed by atoms with Crippen molar-refractivity contribution < 1.29 is 4.79 Å². The Kier molecular flexibility index (Phi) is 4.43. The number of aldehydes is 1. The molecular weight excluding hydrogens is 291 g/mol. The van der Waals surface area contributed by atoms with Crippen LogP contribution >= 0.6 is 23.2 Å². The molecule has 0 amide bonds. The quantitative estimate of drug-likeness (QED) is 0.656. The zero-order chi connectivity index (χ0) is 14.7. The predicted octanol–water partition coefficient (Wildman–Crippen LogP) is 5.76. The van der Waals surface area contributed by atoms with E-state index in [0.717, 1.165) is 28.5 Å². The molecule has 20 heavy (non-hydrogen) atoms. The van der Waals surface area contributed by atoms with Crippen LogP contribution in [0.2, 0.25) is 10.0 Å². The highest BCUT2D eigenvalue weighted by atomic mass is 35.5. The van der Waals surface area contributed by atoms with Crippen LogP contribution in [0.5, 0.6) is 0 Å². The van der Waals surface area contributed by atoms with E-state index >= 15 is 0 Å². The fourth-order valence-electron chi connectivity index (χ4n) is 2.12. The van der Waals surface area contributed by atoms with Gasteiger partial charge in [-0.25, -0.2) is 0 Å². The lowest BCUT2D eigenvalue weighted by atomic mass is 9.92. The minimum Gasteiger partial charge on any atom is -0.298 e. The normalized spacial score (nSPS) is 10.1. The van der Waals surface area contributed by atoms with Crippen LogP contribution in [0, 0.1) is 0 Å². The molecule has 2 rings (SSSR count). The van der Waals surface area contributed by atoms with Gasteiger partial charge in [0.1, 0.15) is 0 Å². The molecule has 3 heteroatoms. The Balaban J connectivity index is 2.81. The molecule has 1 nitrogen and oxygen atoms in total. The van der Waals surface area contributed by atoms with E-state index in [1.54, 1.807) is 30.4 Å². The van der Waals surface area contributed by atoms with Gasteiger partial charge in [0.2, 0.25) is 0 Å². The van der Waals surface area contributed by atoms with E-state index in [1.165, 1.54) is 0 Å². The van der Waals surface area contributed by atoms with Gasteiger partial charge in [-0.3, -0.25) is 4.79 Å². The van der Waals surface area contributed by atoms with Crippen molar-refractivity contribution in [3.63, 3.8) is 0 Å². The summed E-state index contributed by atoms with van der Waals surface area (Å²) in [7, 11) is 0. The third-order valence-corrected chi connectivity index (χ3v) is 3.65. The number of carbonyl (C=O) groups excluding carboxylic acids is 1. The third-order valence-electron chi connectivity index (χ3n) is 3.08. The van der Waals surface area contributed by atoms with Crippen LogP contribution in [-0.2, 0) is 0 Å². The molecule has 2 aromatic carbocycles. The molecule has 0 radical (unpaired) electrons. The van der Waals surface area contributed by atoms with Crippen LogP contribution in [0.15, 0.2) is 43.5 Å². The van der Waals surface area contributed by atoms with Gasteiger partial charge in [-0.15, -0.1) is 0 Å². The van der Waals surface area contributed by atoms with E-state index in [0.29, 0.717) is 15.6 Å². The molecule has 0 N–H and O–H groups in total. The summed E-state index contributed by atoms with van der Waals surface area (Å²) < 4.78 is 0. The minimum atomic E-state index is 0.529. The molecule has 0 unspecified atom stereocenters. The first kappa shape index (κ1) is 14.6. The SMILES string of the molecule is C=Cc1ccc(-c2cc(Cl)ccc2Cl)c(C=O)c1C=C. The van der Waals surface area contributed by atoms with Crippen molar-refractivity contribution in [2.75, 3.05) is 0 Å². The molecule has 0 heterocycles. The van der Waals surface area contributed by atoms with Crippen molar-refractivity contribution in [3.05, 3.63) is 70.2 Å². The highest BCUT2D eigenvalue weighted by Gasteiger charge is 2.13. The molecule has 0 bridgehead atoms. The summed E-state index contributed by atoms with van der Waals surface area (Å²) in [5, 5.41) is 1.10. The molecule has 0 aliphatic carbocycles. The van der Waals surface area contributed by atoms with E-state index in [1.807, 2.05) is 12.1 Å². The lowest BCUT2D eigenvalue weighted by molar-refractivity contribution is 0.112. The molecule has 0 spiro atoms. The van der Waals surface area contributed by atoms with Crippen LogP contribution in [-0.4, -0.2) is 6.29 Å². The van der Waals surface area contributed by atoms with E-state index in [-0.39, 0.29) is 0 Å². The maximum absolute atomic E-state index is 11.5. The van der Waals surface area contributed by atoms with Crippen LogP contribution in [0.3, 0.4) is 0 Å². The second-order valence-corrected chi connectivity index (χ2v) is 5.02. The van der Waals surface area contributed by atoms with Gasteiger partial charge in [0.15, 0.2) is 6.29 Å². The fraction of sp³-hybridized carbons (Fsp3) is 0. The first-order valence-electron chi connectivity index (χ1n) is 5.94. The topological polar surface area (TPSA) is 17.1 Å². The molecule has 0 saturated heterocycles. The largest absolute Gasteiger partial charge is 0.298 e. The van der Waals surface area contributed by atoms with E-state index in [9.17, 15) is 4.79 Å². The van der Waals surface area contributed by atoms with Crippen LogP contribution in [0.25, 0.3) is 23.3 Å². The number of hydrogen-bond acceptors (Lipinski definition) is 1. The monoisotopic (exact) mass is 302 g/mol. The van der Waals surface area contributed by atoms with Crippen molar-refractivity contribution in [1.82, 2.24) is 0 Å². The van der Waals surface area contributed by atoms with Crippen LogP contribution < -0.4 is 0 Å². The summed E-state index contributed by atoms with van der Waals surface area (Å²) in [6.07, 6.45) is 4.13. The fourth-order valence-corrected chi connectivity index (χ4v) is 2.52. The van der Waals surface area contributed by atoms with E-state index in [2.05, 4.69) is 13.2 Å². The van der Waals surface area contributed by atoms with Crippen molar-refractivity contribution in [2.45, 2.75) is 0 Å². The van der Waals surface area contributed by atoms with Gasteiger partial charge in [-0.1, -0.05) is 60.6 Å². The maximum Gasteiger partial charge on any atom is 0.151 e. The number of benzene rings is 2. The van der Waals surface area contributed by atoms with E-state index in [4.69, 9.17) is 23.2 Å². The second-order valence-electron chi connectivity index (χ2n) is 4.18. The molecule has 100 valence electrons. The predicted molar refractivity (Wildman–Crippen MR) is 87.5 cm³/mol. The Labute approximate surface area is 128 Å². The molecular formula is C17H12Cl2O. The zero-order valence-corrected chi connectivity index (χ0v) is 12.2. The smallest absolute Gasteiger partial charge is 0.151 e. The molecule has 0 aliphatic heterocycles. The standard InChI is InChI=1S/C17H12Cl2O/c1-3-11-5-7-14(16(10-20)13(11)4-2)15-9-12(18)6-8-17(15)19/h3-10H,1-2H2. The first-order chi connectivity index (χ1) is 9.62. The summed E-state index contributed by atoms with van der Waals surface area (Å²) >= 11 is 12.2. The average molecular weight is 303 g/mol. The number of halogens is 2. The minimum absolute atomic E-state index is 0.529. The van der Waals surface area contributed by atoms with Gasteiger partial charge in [-0.05, 0) is 34.9 Å². The van der Waals surface area contributed by atoms with Crippen molar-refractivity contribution in [2.24, 2.45) is 0 Å². The van der Waals surface area contributed by atoms with Gasteiger partial charge in [0.25, 0.3) is 0 Å². The van der Waals surface area contributed by atoms with Crippen molar-refractivity contribution >= 4 is 41.6 Å². The van der Waals surface area contributed by atoms with Crippen molar-refractivity contribution in [1.29, 1.82) is 0 Å². The van der Waals surface area contributed by atoms with Crippen LogP contribution in [0.4, 0.5) is 0 Å². The zero-order valence-electron chi connectivity index (χ0n) is 10.7. The molecule has 2 aromatic rings. The maximum atomic E-state index is 11.5. The molecule has 0 aromatic heterocycles. The Morgan fingerprint density at radius 1 is 0.900 bits per heavy atom. The van der Waals surface area contributed by atoms with Crippen LogP contribution in [0.1, 0.15) is 21.5 Å². The van der Waals surface area contributed by atoms with Gasteiger partial charge in [0, 0.05) is 21.2 Å². The first-order valence-corrected chi connectivity index (χ1v) is 6.70. The highest BCUT2D eigenvalue weighted by molar-refractivity contribution is 6.35. The average Bonchev–Trinajstić information content (AvgIpc) is 2.47. The highest BCUT2D eigenvalue weighted by Crippen LogP contribution is 2.35. The number of carbonyl (C=O) groups is 1.